The lowest BCUT2D eigenvalue weighted by Gasteiger charge is -2.45. The van der Waals surface area contributed by atoms with E-state index >= 15 is 0 Å². The summed E-state index contributed by atoms with van der Waals surface area (Å²) < 4.78 is 5.21. The van der Waals surface area contributed by atoms with Crippen LogP contribution < -0.4 is 20.4 Å². The molecule has 0 spiro atoms. The van der Waals surface area contributed by atoms with Crippen molar-refractivity contribution in [3.05, 3.63) is 48.2 Å². The molecule has 1 aliphatic heterocycles. The highest BCUT2D eigenvalue weighted by Gasteiger charge is 2.30. The maximum absolute atomic E-state index is 6.04. The molecule has 3 rings (SSSR count). The van der Waals surface area contributed by atoms with Crippen molar-refractivity contribution >= 4 is 11.4 Å². The van der Waals surface area contributed by atoms with E-state index in [2.05, 4.69) is 59.0 Å². The fourth-order valence-electron chi connectivity index (χ4n) is 3.52. The third-order valence-corrected chi connectivity index (χ3v) is 4.80. The number of aromatic amines is 1. The van der Waals surface area contributed by atoms with Crippen LogP contribution in [0.25, 0.3) is 0 Å². The quantitative estimate of drug-likeness (QED) is 0.935. The zero-order valence-corrected chi connectivity index (χ0v) is 14.7. The van der Waals surface area contributed by atoms with Crippen molar-refractivity contribution < 1.29 is 9.72 Å². The molecule has 0 radical (unpaired) electrons. The standard InChI is InChI=1S/C19H26N4O/c1-14-11-22(17-9-18(20)19(24-3)21-10-17)12-15(2)23(14)13-16-7-5-4-6-8-16/h4-10,14-15H,11-13,20H2,1-3H3/p+1/t14-,15+. The van der Waals surface area contributed by atoms with E-state index in [-0.39, 0.29) is 0 Å². The molecule has 1 saturated heterocycles. The van der Waals surface area contributed by atoms with E-state index in [0.29, 0.717) is 23.7 Å². The summed E-state index contributed by atoms with van der Waals surface area (Å²) in [7, 11) is 1.62. The van der Waals surface area contributed by atoms with Gasteiger partial charge in [-0.3, -0.25) is 4.90 Å². The number of methoxy groups -OCH3 is 1. The highest BCUT2D eigenvalue weighted by atomic mass is 16.5. The molecule has 5 nitrogen and oxygen atoms in total. The van der Waals surface area contributed by atoms with Crippen molar-refractivity contribution in [3.8, 4) is 5.88 Å². The molecule has 1 aromatic carbocycles. The van der Waals surface area contributed by atoms with Gasteiger partial charge in [0.15, 0.2) is 6.20 Å². The second-order valence-electron chi connectivity index (χ2n) is 6.61. The van der Waals surface area contributed by atoms with E-state index < -0.39 is 0 Å². The molecule has 2 heterocycles. The number of pyridine rings is 1. The normalized spacial score (nSPS) is 21.7. The van der Waals surface area contributed by atoms with E-state index in [1.54, 1.807) is 7.11 Å². The van der Waals surface area contributed by atoms with Crippen molar-refractivity contribution in [2.75, 3.05) is 30.8 Å². The lowest BCUT2D eigenvalue weighted by atomic mass is 10.1. The van der Waals surface area contributed by atoms with E-state index in [9.17, 15) is 0 Å². The lowest BCUT2D eigenvalue weighted by Crippen LogP contribution is -2.56. The number of benzene rings is 1. The van der Waals surface area contributed by atoms with Crippen LogP contribution in [0.5, 0.6) is 5.88 Å². The molecule has 5 heteroatoms. The summed E-state index contributed by atoms with van der Waals surface area (Å²) in [5, 5.41) is 0. The molecule has 0 saturated carbocycles. The number of anilines is 2. The van der Waals surface area contributed by atoms with Crippen molar-refractivity contribution in [2.24, 2.45) is 0 Å². The summed E-state index contributed by atoms with van der Waals surface area (Å²) in [6.45, 7) is 7.55. The van der Waals surface area contributed by atoms with Gasteiger partial charge in [-0.1, -0.05) is 30.3 Å². The molecule has 3 N–H and O–H groups in total. The van der Waals surface area contributed by atoms with Gasteiger partial charge in [-0.05, 0) is 19.4 Å². The number of hydrogen-bond acceptors (Lipinski definition) is 4. The Morgan fingerprint density at radius 2 is 1.83 bits per heavy atom. The smallest absolute Gasteiger partial charge is 0.389 e. The number of ether oxygens (including phenoxy) is 1. The average Bonchev–Trinajstić information content (AvgIpc) is 2.59. The first kappa shape index (κ1) is 16.6. The molecule has 24 heavy (non-hydrogen) atoms. The minimum absolute atomic E-state index is 0.470. The van der Waals surface area contributed by atoms with Crippen LogP contribution in [0.3, 0.4) is 0 Å². The summed E-state index contributed by atoms with van der Waals surface area (Å²) in [5.41, 5.74) is 9.17. The molecule has 1 fully saturated rings. The Kier molecular flexibility index (Phi) is 4.90. The first-order valence-electron chi connectivity index (χ1n) is 8.48. The molecule has 0 aliphatic carbocycles. The Labute approximate surface area is 144 Å². The first-order chi connectivity index (χ1) is 11.6. The van der Waals surface area contributed by atoms with Crippen molar-refractivity contribution in [2.45, 2.75) is 32.5 Å². The molecule has 1 aliphatic rings. The molecule has 0 amide bonds. The summed E-state index contributed by atoms with van der Waals surface area (Å²) in [6.07, 6.45) is 1.97. The number of nitrogen functional groups attached to an aromatic ring is 1. The average molecular weight is 327 g/mol. The Morgan fingerprint density at radius 1 is 1.17 bits per heavy atom. The summed E-state index contributed by atoms with van der Waals surface area (Å²) >= 11 is 0. The fraction of sp³-hybridized carbons (Fsp3) is 0.421. The van der Waals surface area contributed by atoms with Gasteiger partial charge in [0.25, 0.3) is 0 Å². The zero-order chi connectivity index (χ0) is 17.1. The monoisotopic (exact) mass is 327 g/mol. The van der Waals surface area contributed by atoms with Gasteiger partial charge in [0, 0.05) is 37.8 Å². The highest BCUT2D eigenvalue weighted by Crippen LogP contribution is 2.26. The van der Waals surface area contributed by atoms with E-state index in [4.69, 9.17) is 10.5 Å². The second-order valence-corrected chi connectivity index (χ2v) is 6.61. The summed E-state index contributed by atoms with van der Waals surface area (Å²) in [4.78, 5) is 8.09. The number of piperazine rings is 1. The predicted octanol–water partition coefficient (Wildman–Crippen LogP) is 2.19. The van der Waals surface area contributed by atoms with Gasteiger partial charge >= 0.3 is 5.88 Å². The number of nitrogens with zero attached hydrogens (tertiary/aromatic N) is 2. The van der Waals surface area contributed by atoms with Crippen LogP contribution in [-0.4, -0.2) is 37.2 Å². The first-order valence-corrected chi connectivity index (χ1v) is 8.48. The van der Waals surface area contributed by atoms with Crippen LogP contribution in [0, 0.1) is 0 Å². The predicted molar refractivity (Wildman–Crippen MR) is 97.1 cm³/mol. The highest BCUT2D eigenvalue weighted by molar-refractivity contribution is 5.57. The van der Waals surface area contributed by atoms with Crippen molar-refractivity contribution in [1.29, 1.82) is 0 Å². The Morgan fingerprint density at radius 3 is 2.42 bits per heavy atom. The van der Waals surface area contributed by atoms with Gasteiger partial charge in [0.1, 0.15) is 11.4 Å². The molecule has 2 aromatic rings. The number of H-pyrrole nitrogens is 1. The van der Waals surface area contributed by atoms with E-state index in [1.165, 1.54) is 5.56 Å². The molecule has 128 valence electrons. The SMILES string of the molecule is COc1[nH+]cc(N2C[C@@H](C)N(Cc3ccccc3)[C@@H](C)C2)cc1N. The molecule has 0 bridgehead atoms. The number of hydrogen-bond donors (Lipinski definition) is 1. The third kappa shape index (κ3) is 3.46. The van der Waals surface area contributed by atoms with Gasteiger partial charge in [0.2, 0.25) is 0 Å². The number of nitrogens with two attached hydrogens (primary N) is 1. The molecular formula is C19H27N4O+. The minimum Gasteiger partial charge on any atom is -0.446 e. The topological polar surface area (TPSA) is 55.9 Å². The van der Waals surface area contributed by atoms with Gasteiger partial charge in [-0.15, -0.1) is 0 Å². The number of aromatic nitrogens is 1. The molecular weight excluding hydrogens is 300 g/mol. The molecule has 0 unspecified atom stereocenters. The maximum atomic E-state index is 6.04. The maximum Gasteiger partial charge on any atom is 0.389 e. The van der Waals surface area contributed by atoms with Gasteiger partial charge < -0.3 is 15.4 Å². The largest absolute Gasteiger partial charge is 0.446 e. The van der Waals surface area contributed by atoms with E-state index in [1.807, 2.05) is 12.3 Å². The van der Waals surface area contributed by atoms with Crippen LogP contribution in [0.2, 0.25) is 0 Å². The van der Waals surface area contributed by atoms with Crippen LogP contribution >= 0.6 is 0 Å². The Hall–Kier alpha value is -2.27. The van der Waals surface area contributed by atoms with Crippen LogP contribution in [-0.2, 0) is 6.54 Å². The molecule has 2 atom stereocenters. The van der Waals surface area contributed by atoms with Gasteiger partial charge in [-0.25, -0.2) is 0 Å². The van der Waals surface area contributed by atoms with Crippen LogP contribution in [0.4, 0.5) is 11.4 Å². The lowest BCUT2D eigenvalue weighted by molar-refractivity contribution is -0.391. The fourth-order valence-corrected chi connectivity index (χ4v) is 3.52. The summed E-state index contributed by atoms with van der Waals surface area (Å²) in [5.74, 6) is 0.613. The molecule has 1 aromatic heterocycles. The van der Waals surface area contributed by atoms with Crippen molar-refractivity contribution in [3.63, 3.8) is 0 Å². The number of rotatable bonds is 4. The Bertz CT molecular complexity index is 664. The van der Waals surface area contributed by atoms with Gasteiger partial charge in [0.05, 0.1) is 7.11 Å². The number of nitrogens with one attached hydrogen (secondary N) is 1. The third-order valence-electron chi connectivity index (χ3n) is 4.80. The second kappa shape index (κ2) is 7.09. The van der Waals surface area contributed by atoms with Gasteiger partial charge in [-0.2, -0.15) is 4.98 Å². The van der Waals surface area contributed by atoms with Crippen LogP contribution in [0.1, 0.15) is 19.4 Å². The zero-order valence-electron chi connectivity index (χ0n) is 14.7. The Balaban J connectivity index is 1.72. The summed E-state index contributed by atoms with van der Waals surface area (Å²) in [6, 6.07) is 13.6. The van der Waals surface area contributed by atoms with Crippen molar-refractivity contribution in [1.82, 2.24) is 4.90 Å². The van der Waals surface area contributed by atoms with E-state index in [0.717, 1.165) is 25.3 Å². The van der Waals surface area contributed by atoms with Crippen LogP contribution in [0.15, 0.2) is 42.6 Å². The minimum atomic E-state index is 0.470.